The SMILES string of the molecule is O=C(Cc1ccccc1)Nc1ccc(C(=O)NOCc2ccccc2)cc1. The van der Waals surface area contributed by atoms with Crippen LogP contribution in [0, 0.1) is 0 Å². The molecule has 0 aliphatic rings. The molecule has 3 aromatic rings. The van der Waals surface area contributed by atoms with Gasteiger partial charge in [-0.3, -0.25) is 14.4 Å². The van der Waals surface area contributed by atoms with Gasteiger partial charge in [-0.2, -0.15) is 0 Å². The van der Waals surface area contributed by atoms with Gasteiger partial charge in [-0.25, -0.2) is 5.48 Å². The normalized spacial score (nSPS) is 10.2. The Morgan fingerprint density at radius 2 is 1.33 bits per heavy atom. The number of rotatable bonds is 7. The first-order valence-electron chi connectivity index (χ1n) is 8.60. The zero-order valence-electron chi connectivity index (χ0n) is 14.7. The lowest BCUT2D eigenvalue weighted by Crippen LogP contribution is -2.23. The van der Waals surface area contributed by atoms with Crippen LogP contribution in [-0.4, -0.2) is 11.8 Å². The molecule has 0 atom stereocenters. The monoisotopic (exact) mass is 360 g/mol. The molecule has 0 heterocycles. The van der Waals surface area contributed by atoms with E-state index in [1.54, 1.807) is 24.3 Å². The van der Waals surface area contributed by atoms with Gasteiger partial charge in [0, 0.05) is 11.3 Å². The van der Waals surface area contributed by atoms with Crippen molar-refractivity contribution >= 4 is 17.5 Å². The van der Waals surface area contributed by atoms with Crippen molar-refractivity contribution < 1.29 is 14.4 Å². The minimum Gasteiger partial charge on any atom is -0.326 e. The van der Waals surface area contributed by atoms with Crippen molar-refractivity contribution in [1.29, 1.82) is 0 Å². The standard InChI is InChI=1S/C22H20N2O3/c25-21(15-17-7-3-1-4-8-17)23-20-13-11-19(12-14-20)22(26)24-27-16-18-9-5-2-6-10-18/h1-14H,15-16H2,(H,23,25)(H,24,26). The molecule has 0 fully saturated rings. The predicted octanol–water partition coefficient (Wildman–Crippen LogP) is 3.73. The van der Waals surface area contributed by atoms with E-state index in [2.05, 4.69) is 10.8 Å². The largest absolute Gasteiger partial charge is 0.326 e. The van der Waals surface area contributed by atoms with E-state index < -0.39 is 0 Å². The summed E-state index contributed by atoms with van der Waals surface area (Å²) in [5.74, 6) is -0.447. The molecule has 2 N–H and O–H groups in total. The minimum atomic E-state index is -0.340. The molecule has 5 heteroatoms. The summed E-state index contributed by atoms with van der Waals surface area (Å²) >= 11 is 0. The minimum absolute atomic E-state index is 0.107. The highest BCUT2D eigenvalue weighted by Crippen LogP contribution is 2.11. The van der Waals surface area contributed by atoms with Crippen molar-refractivity contribution in [2.45, 2.75) is 13.0 Å². The lowest BCUT2D eigenvalue weighted by molar-refractivity contribution is -0.115. The predicted molar refractivity (Wildman–Crippen MR) is 104 cm³/mol. The molecule has 0 aromatic heterocycles. The third kappa shape index (κ3) is 5.80. The molecule has 0 unspecified atom stereocenters. The fraction of sp³-hybridized carbons (Fsp3) is 0.0909. The van der Waals surface area contributed by atoms with Crippen LogP contribution in [0.4, 0.5) is 5.69 Å². The Hall–Kier alpha value is -3.44. The van der Waals surface area contributed by atoms with Gasteiger partial charge in [0.15, 0.2) is 0 Å². The molecular weight excluding hydrogens is 340 g/mol. The molecular formula is C22H20N2O3. The summed E-state index contributed by atoms with van der Waals surface area (Å²) in [7, 11) is 0. The molecule has 0 spiro atoms. The van der Waals surface area contributed by atoms with Gasteiger partial charge in [0.05, 0.1) is 13.0 Å². The highest BCUT2D eigenvalue weighted by Gasteiger charge is 2.07. The fourth-order valence-electron chi connectivity index (χ4n) is 2.51. The van der Waals surface area contributed by atoms with Crippen LogP contribution in [0.15, 0.2) is 84.9 Å². The maximum atomic E-state index is 12.1. The molecule has 0 bridgehead atoms. The Labute approximate surface area is 157 Å². The average molecular weight is 360 g/mol. The molecule has 27 heavy (non-hydrogen) atoms. The summed E-state index contributed by atoms with van der Waals surface area (Å²) in [4.78, 5) is 29.4. The van der Waals surface area contributed by atoms with Crippen LogP contribution >= 0.6 is 0 Å². The molecule has 3 rings (SSSR count). The highest BCUT2D eigenvalue weighted by molar-refractivity contribution is 5.95. The second-order valence-corrected chi connectivity index (χ2v) is 5.99. The van der Waals surface area contributed by atoms with Gasteiger partial charge < -0.3 is 5.32 Å². The number of benzene rings is 3. The summed E-state index contributed by atoms with van der Waals surface area (Å²) in [6.07, 6.45) is 0.302. The van der Waals surface area contributed by atoms with E-state index in [-0.39, 0.29) is 11.8 Å². The van der Waals surface area contributed by atoms with Crippen LogP contribution in [0.5, 0.6) is 0 Å². The molecule has 0 radical (unpaired) electrons. The number of carbonyl (C=O) groups is 2. The van der Waals surface area contributed by atoms with Gasteiger partial charge in [-0.15, -0.1) is 0 Å². The zero-order chi connectivity index (χ0) is 18.9. The van der Waals surface area contributed by atoms with E-state index in [1.807, 2.05) is 60.7 Å². The van der Waals surface area contributed by atoms with Gasteiger partial charge in [0.1, 0.15) is 0 Å². The molecule has 136 valence electrons. The van der Waals surface area contributed by atoms with Crippen LogP contribution < -0.4 is 10.8 Å². The zero-order valence-corrected chi connectivity index (χ0v) is 14.7. The third-order valence-corrected chi connectivity index (χ3v) is 3.88. The smallest absolute Gasteiger partial charge is 0.274 e. The number of hydroxylamine groups is 1. The van der Waals surface area contributed by atoms with E-state index >= 15 is 0 Å². The lowest BCUT2D eigenvalue weighted by Gasteiger charge is -2.08. The number of hydrogen-bond acceptors (Lipinski definition) is 3. The van der Waals surface area contributed by atoms with E-state index in [9.17, 15) is 9.59 Å². The number of hydrogen-bond donors (Lipinski definition) is 2. The fourth-order valence-corrected chi connectivity index (χ4v) is 2.51. The van der Waals surface area contributed by atoms with E-state index in [1.165, 1.54) is 0 Å². The number of anilines is 1. The van der Waals surface area contributed by atoms with Crippen molar-refractivity contribution in [2.24, 2.45) is 0 Å². The molecule has 0 aliphatic heterocycles. The van der Waals surface area contributed by atoms with Crippen LogP contribution in [0.2, 0.25) is 0 Å². The Bertz CT molecular complexity index is 878. The van der Waals surface area contributed by atoms with E-state index in [0.717, 1.165) is 11.1 Å². The van der Waals surface area contributed by atoms with Crippen LogP contribution in [0.25, 0.3) is 0 Å². The van der Waals surface area contributed by atoms with Crippen molar-refractivity contribution in [3.63, 3.8) is 0 Å². The second kappa shape index (κ2) is 9.31. The second-order valence-electron chi connectivity index (χ2n) is 5.99. The lowest BCUT2D eigenvalue weighted by atomic mass is 10.1. The average Bonchev–Trinajstić information content (AvgIpc) is 2.70. The first-order chi connectivity index (χ1) is 13.2. The molecule has 5 nitrogen and oxygen atoms in total. The topological polar surface area (TPSA) is 67.4 Å². The van der Waals surface area contributed by atoms with Crippen LogP contribution in [-0.2, 0) is 22.7 Å². The quantitative estimate of drug-likeness (QED) is 0.631. The summed E-state index contributed by atoms with van der Waals surface area (Å²) < 4.78 is 0. The van der Waals surface area contributed by atoms with Crippen molar-refractivity contribution in [1.82, 2.24) is 5.48 Å². The summed E-state index contributed by atoms with van der Waals surface area (Å²) in [5.41, 5.74) is 5.41. The van der Waals surface area contributed by atoms with E-state index in [4.69, 9.17) is 4.84 Å². The van der Waals surface area contributed by atoms with Gasteiger partial charge in [0.2, 0.25) is 5.91 Å². The molecule has 3 aromatic carbocycles. The first kappa shape index (κ1) is 18.4. The highest BCUT2D eigenvalue weighted by atomic mass is 16.6. The van der Waals surface area contributed by atoms with Crippen molar-refractivity contribution in [2.75, 3.05) is 5.32 Å². The Morgan fingerprint density at radius 1 is 0.741 bits per heavy atom. The summed E-state index contributed by atoms with van der Waals surface area (Å²) in [6.45, 7) is 0.292. The van der Waals surface area contributed by atoms with Gasteiger partial charge in [0.25, 0.3) is 5.91 Å². The van der Waals surface area contributed by atoms with Crippen LogP contribution in [0.1, 0.15) is 21.5 Å². The maximum Gasteiger partial charge on any atom is 0.274 e. The summed E-state index contributed by atoms with van der Waals surface area (Å²) in [5, 5.41) is 2.82. The first-order valence-corrected chi connectivity index (χ1v) is 8.60. The Morgan fingerprint density at radius 3 is 1.96 bits per heavy atom. The summed E-state index contributed by atoms with van der Waals surface area (Å²) in [6, 6.07) is 25.7. The van der Waals surface area contributed by atoms with Gasteiger partial charge in [-0.1, -0.05) is 60.7 Å². The molecule has 0 saturated heterocycles. The molecule has 0 saturated carbocycles. The third-order valence-electron chi connectivity index (χ3n) is 3.88. The van der Waals surface area contributed by atoms with Crippen molar-refractivity contribution in [3.05, 3.63) is 102 Å². The number of amides is 2. The van der Waals surface area contributed by atoms with Crippen molar-refractivity contribution in [3.8, 4) is 0 Å². The van der Waals surface area contributed by atoms with Gasteiger partial charge in [-0.05, 0) is 35.4 Å². The maximum absolute atomic E-state index is 12.1. The van der Waals surface area contributed by atoms with Gasteiger partial charge >= 0.3 is 0 Å². The Kier molecular flexibility index (Phi) is 6.33. The number of nitrogens with one attached hydrogen (secondary N) is 2. The molecule has 0 aliphatic carbocycles. The van der Waals surface area contributed by atoms with Crippen LogP contribution in [0.3, 0.4) is 0 Å². The molecule has 2 amide bonds. The Balaban J connectivity index is 1.47. The number of carbonyl (C=O) groups excluding carboxylic acids is 2. The van der Waals surface area contributed by atoms with E-state index in [0.29, 0.717) is 24.3 Å².